The zero-order valence-electron chi connectivity index (χ0n) is 14.0. The molecule has 1 unspecified atom stereocenters. The molecule has 2 aromatic rings. The zero-order chi connectivity index (χ0) is 17.0. The maximum Gasteiger partial charge on any atom is 0.259 e. The number of aryl methyl sites for hydroxylation is 2. The molecule has 0 bridgehead atoms. The molecule has 0 aromatic carbocycles. The topological polar surface area (TPSA) is 101 Å². The molecular formula is C15H23ClN4O2S2. The third-order valence-electron chi connectivity index (χ3n) is 3.61. The average Bonchev–Trinajstić information content (AvgIpc) is 2.80. The number of rotatable bonds is 7. The van der Waals surface area contributed by atoms with Crippen molar-refractivity contribution in [1.29, 1.82) is 0 Å². The molecule has 9 heteroatoms. The molecule has 2 heterocycles. The van der Waals surface area contributed by atoms with Gasteiger partial charge in [0, 0.05) is 11.4 Å². The van der Waals surface area contributed by atoms with Crippen LogP contribution in [0.1, 0.15) is 29.6 Å². The highest BCUT2D eigenvalue weighted by molar-refractivity contribution is 7.99. The van der Waals surface area contributed by atoms with E-state index in [2.05, 4.69) is 15.3 Å². The van der Waals surface area contributed by atoms with E-state index < -0.39 is 0 Å². The van der Waals surface area contributed by atoms with Crippen LogP contribution in [0.15, 0.2) is 4.79 Å². The molecule has 0 saturated carbocycles. The number of fused-ring (bicyclic) bond motifs is 1. The zero-order valence-corrected chi connectivity index (χ0v) is 16.4. The molecule has 0 spiro atoms. The van der Waals surface area contributed by atoms with Crippen LogP contribution in [0.4, 0.5) is 0 Å². The van der Waals surface area contributed by atoms with Gasteiger partial charge in [-0.2, -0.15) is 0 Å². The summed E-state index contributed by atoms with van der Waals surface area (Å²) in [5.41, 5.74) is 6.29. The lowest BCUT2D eigenvalue weighted by Crippen LogP contribution is -2.32. The number of amides is 1. The summed E-state index contributed by atoms with van der Waals surface area (Å²) in [6.07, 6.45) is 0.770. The van der Waals surface area contributed by atoms with E-state index in [-0.39, 0.29) is 29.1 Å². The van der Waals surface area contributed by atoms with Gasteiger partial charge in [0.25, 0.3) is 5.56 Å². The Morgan fingerprint density at radius 3 is 2.83 bits per heavy atom. The van der Waals surface area contributed by atoms with Crippen molar-refractivity contribution in [2.75, 3.05) is 13.1 Å². The molecule has 0 aliphatic heterocycles. The Balaban J connectivity index is 0.00000288. The summed E-state index contributed by atoms with van der Waals surface area (Å²) in [5, 5.41) is 3.31. The lowest BCUT2D eigenvalue weighted by atomic mass is 10.2. The van der Waals surface area contributed by atoms with Gasteiger partial charge in [0.2, 0.25) is 5.91 Å². The third kappa shape index (κ3) is 4.95. The van der Waals surface area contributed by atoms with Gasteiger partial charge < -0.3 is 16.0 Å². The smallest absolute Gasteiger partial charge is 0.259 e. The van der Waals surface area contributed by atoms with Crippen molar-refractivity contribution in [3.8, 4) is 0 Å². The number of aromatic amines is 1. The standard InChI is InChI=1S/C15H22N4O2S2.ClH/c1-8-9(2)23-15-12(8)14(21)18-11(19-15)7-22-10(3)13(20)17-6-4-5-16;/h10H,4-7,16H2,1-3H3,(H,17,20)(H,18,19,21);1H. The number of hydrogen-bond donors (Lipinski definition) is 3. The fourth-order valence-electron chi connectivity index (χ4n) is 2.10. The van der Waals surface area contributed by atoms with Crippen LogP contribution >= 0.6 is 35.5 Å². The molecule has 0 fully saturated rings. The van der Waals surface area contributed by atoms with Gasteiger partial charge in [-0.25, -0.2) is 4.98 Å². The molecule has 134 valence electrons. The van der Waals surface area contributed by atoms with Crippen LogP contribution in [-0.4, -0.2) is 34.2 Å². The fraction of sp³-hybridized carbons (Fsp3) is 0.533. The van der Waals surface area contributed by atoms with Crippen molar-refractivity contribution in [2.45, 2.75) is 38.2 Å². The van der Waals surface area contributed by atoms with Crippen molar-refractivity contribution in [3.05, 3.63) is 26.6 Å². The van der Waals surface area contributed by atoms with Crippen molar-refractivity contribution < 1.29 is 4.79 Å². The first-order chi connectivity index (χ1) is 10.9. The predicted molar refractivity (Wildman–Crippen MR) is 104 cm³/mol. The first-order valence-corrected chi connectivity index (χ1v) is 9.38. The number of nitrogens with zero attached hydrogens (tertiary/aromatic N) is 1. The molecule has 6 nitrogen and oxygen atoms in total. The third-order valence-corrected chi connectivity index (χ3v) is 5.86. The quantitative estimate of drug-likeness (QED) is 0.628. The molecule has 0 aliphatic carbocycles. The number of thioether (sulfide) groups is 1. The molecule has 0 aliphatic rings. The van der Waals surface area contributed by atoms with Gasteiger partial charge in [-0.3, -0.25) is 9.59 Å². The number of halogens is 1. The lowest BCUT2D eigenvalue weighted by Gasteiger charge is -2.11. The fourth-order valence-corrected chi connectivity index (χ4v) is 3.93. The van der Waals surface area contributed by atoms with Crippen molar-refractivity contribution in [2.24, 2.45) is 5.73 Å². The molecule has 1 amide bonds. The molecule has 0 radical (unpaired) electrons. The Bertz CT molecular complexity index is 760. The van der Waals surface area contributed by atoms with Crippen LogP contribution < -0.4 is 16.6 Å². The summed E-state index contributed by atoms with van der Waals surface area (Å²) in [4.78, 5) is 33.3. The van der Waals surface area contributed by atoms with Gasteiger partial charge in [-0.15, -0.1) is 35.5 Å². The van der Waals surface area contributed by atoms with E-state index >= 15 is 0 Å². The van der Waals surface area contributed by atoms with E-state index in [4.69, 9.17) is 5.73 Å². The largest absolute Gasteiger partial charge is 0.355 e. The lowest BCUT2D eigenvalue weighted by molar-refractivity contribution is -0.120. The number of carbonyl (C=O) groups is 1. The van der Waals surface area contributed by atoms with Crippen LogP contribution in [0.5, 0.6) is 0 Å². The van der Waals surface area contributed by atoms with E-state index in [1.807, 2.05) is 20.8 Å². The maximum absolute atomic E-state index is 12.2. The molecule has 2 rings (SSSR count). The van der Waals surface area contributed by atoms with Crippen LogP contribution in [0.25, 0.3) is 10.2 Å². The van der Waals surface area contributed by atoms with Crippen LogP contribution in [0.3, 0.4) is 0 Å². The van der Waals surface area contributed by atoms with E-state index in [1.165, 1.54) is 23.1 Å². The molecule has 24 heavy (non-hydrogen) atoms. The van der Waals surface area contributed by atoms with Crippen LogP contribution in [0, 0.1) is 13.8 Å². The Kier molecular flexibility index (Phi) is 8.21. The second kappa shape index (κ2) is 9.41. The number of H-pyrrole nitrogens is 1. The van der Waals surface area contributed by atoms with Crippen molar-refractivity contribution in [1.82, 2.24) is 15.3 Å². The normalized spacial score (nSPS) is 12.0. The number of nitrogens with two attached hydrogens (primary N) is 1. The van der Waals surface area contributed by atoms with Gasteiger partial charge in [-0.1, -0.05) is 0 Å². The minimum atomic E-state index is -0.208. The van der Waals surface area contributed by atoms with Gasteiger partial charge in [-0.05, 0) is 39.3 Å². The van der Waals surface area contributed by atoms with Gasteiger partial charge in [0.1, 0.15) is 10.7 Å². The second-order valence-electron chi connectivity index (χ2n) is 5.36. The number of nitrogens with one attached hydrogen (secondary N) is 2. The first-order valence-electron chi connectivity index (χ1n) is 7.52. The molecule has 4 N–H and O–H groups in total. The number of thiophene rings is 1. The minimum Gasteiger partial charge on any atom is -0.355 e. The van der Waals surface area contributed by atoms with E-state index in [0.717, 1.165) is 21.7 Å². The Morgan fingerprint density at radius 2 is 2.17 bits per heavy atom. The monoisotopic (exact) mass is 390 g/mol. The van der Waals surface area contributed by atoms with E-state index in [0.29, 0.717) is 30.1 Å². The highest BCUT2D eigenvalue weighted by atomic mass is 35.5. The van der Waals surface area contributed by atoms with Crippen LogP contribution in [-0.2, 0) is 10.5 Å². The molecule has 0 saturated heterocycles. The summed E-state index contributed by atoms with van der Waals surface area (Å²) >= 11 is 2.98. The summed E-state index contributed by atoms with van der Waals surface area (Å²) < 4.78 is 0. The Hall–Kier alpha value is -1.09. The summed E-state index contributed by atoms with van der Waals surface area (Å²) in [6.45, 7) is 6.93. The molecule has 2 aromatic heterocycles. The van der Waals surface area contributed by atoms with Crippen molar-refractivity contribution >= 4 is 51.6 Å². The Morgan fingerprint density at radius 1 is 1.46 bits per heavy atom. The van der Waals surface area contributed by atoms with Crippen molar-refractivity contribution in [3.63, 3.8) is 0 Å². The SMILES string of the molecule is Cc1sc2nc(CSC(C)C(=O)NCCCN)[nH]c(=O)c2c1C.Cl. The maximum atomic E-state index is 12.2. The van der Waals surface area contributed by atoms with Gasteiger partial charge >= 0.3 is 0 Å². The minimum absolute atomic E-state index is 0. The highest BCUT2D eigenvalue weighted by Crippen LogP contribution is 2.26. The number of aromatic nitrogens is 2. The van der Waals surface area contributed by atoms with Gasteiger partial charge in [0.15, 0.2) is 0 Å². The summed E-state index contributed by atoms with van der Waals surface area (Å²) in [6, 6.07) is 0. The van der Waals surface area contributed by atoms with Crippen LogP contribution in [0.2, 0.25) is 0 Å². The number of carbonyl (C=O) groups excluding carboxylic acids is 1. The predicted octanol–water partition coefficient (Wildman–Crippen LogP) is 2.11. The van der Waals surface area contributed by atoms with E-state index in [1.54, 1.807) is 0 Å². The van der Waals surface area contributed by atoms with E-state index in [9.17, 15) is 9.59 Å². The summed E-state index contributed by atoms with van der Waals surface area (Å²) in [7, 11) is 0. The number of hydrogen-bond acceptors (Lipinski definition) is 6. The summed E-state index contributed by atoms with van der Waals surface area (Å²) in [5.74, 6) is 1.08. The second-order valence-corrected chi connectivity index (χ2v) is 7.89. The Labute approximate surface area is 155 Å². The highest BCUT2D eigenvalue weighted by Gasteiger charge is 2.15. The first kappa shape index (κ1) is 21.0. The van der Waals surface area contributed by atoms with Gasteiger partial charge in [0.05, 0.1) is 16.4 Å². The molecule has 1 atom stereocenters. The molecular weight excluding hydrogens is 368 g/mol. The average molecular weight is 391 g/mol.